The average molecular weight is 583 g/mol. The van der Waals surface area contributed by atoms with Gasteiger partial charge in [-0.2, -0.15) is 9.67 Å². The predicted octanol–water partition coefficient (Wildman–Crippen LogP) is 4.91. The minimum Gasteiger partial charge on any atom is -0.335 e. The van der Waals surface area contributed by atoms with Gasteiger partial charge in [-0.3, -0.25) is 9.73 Å². The standard InChI is InChI=1S/C30H24N5O2S3/c36-40(37)27-12-6-1-7-18(27)28(32-40)31-35-21-13-15-33-23-8-2-4-10-25(23)38-29(33)19(21)17-20-22(35)14-16-34-24-9-3-5-11-26(24)39-30(20)34/h1-12,17,21-22H,13-16H2,(H,31,32)/q+1. The SMILES string of the molecule is O=S1(=O)NC(=NN2C3CC[n+]4c(sc5ccccc54)C3=CC3=C4Sc5ccccc5N4CCC32)c2ccccc21. The Morgan fingerprint density at radius 1 is 0.950 bits per heavy atom. The second kappa shape index (κ2) is 8.22. The van der Waals surface area contributed by atoms with Crippen LogP contribution in [-0.2, 0) is 16.6 Å². The Morgan fingerprint density at radius 2 is 1.77 bits per heavy atom. The summed E-state index contributed by atoms with van der Waals surface area (Å²) in [5.74, 6) is 0.417. The molecule has 0 saturated carbocycles. The van der Waals surface area contributed by atoms with E-state index in [1.165, 1.54) is 42.0 Å². The van der Waals surface area contributed by atoms with E-state index < -0.39 is 10.0 Å². The first-order valence-electron chi connectivity index (χ1n) is 13.5. The Kier molecular flexibility index (Phi) is 4.75. The molecule has 0 saturated heterocycles. The minimum atomic E-state index is -3.63. The third-order valence-corrected chi connectivity index (χ3v) is 12.3. The highest BCUT2D eigenvalue weighted by Gasteiger charge is 2.47. The number of hydrogen-bond donors (Lipinski definition) is 1. The Hall–Kier alpha value is -3.60. The van der Waals surface area contributed by atoms with E-state index in [9.17, 15) is 8.42 Å². The molecule has 5 aliphatic heterocycles. The van der Waals surface area contributed by atoms with E-state index in [4.69, 9.17) is 5.10 Å². The summed E-state index contributed by atoms with van der Waals surface area (Å²) >= 11 is 3.67. The first kappa shape index (κ1) is 23.1. The van der Waals surface area contributed by atoms with E-state index in [1.54, 1.807) is 12.1 Å². The van der Waals surface area contributed by atoms with Crippen LogP contribution in [0.3, 0.4) is 0 Å². The van der Waals surface area contributed by atoms with Gasteiger partial charge in [0.2, 0.25) is 5.52 Å². The number of rotatable bonds is 1. The number of thiazole rings is 1. The quantitative estimate of drug-likeness (QED) is 0.323. The predicted molar refractivity (Wildman–Crippen MR) is 159 cm³/mol. The molecule has 2 unspecified atom stereocenters. The summed E-state index contributed by atoms with van der Waals surface area (Å²) in [6.07, 6.45) is 4.25. The second-order valence-electron chi connectivity index (χ2n) is 10.6. The summed E-state index contributed by atoms with van der Waals surface area (Å²) < 4.78 is 32.4. The molecular weight excluding hydrogens is 559 g/mol. The summed E-state index contributed by atoms with van der Waals surface area (Å²) in [4.78, 5) is 4.02. The molecule has 4 aromatic rings. The van der Waals surface area contributed by atoms with E-state index in [2.05, 4.69) is 73.8 Å². The fourth-order valence-corrected chi connectivity index (χ4v) is 10.5. The van der Waals surface area contributed by atoms with E-state index in [1.807, 2.05) is 35.2 Å². The summed E-state index contributed by atoms with van der Waals surface area (Å²) in [7, 11) is -3.63. The van der Waals surface area contributed by atoms with Crippen LogP contribution in [-0.4, -0.2) is 37.9 Å². The van der Waals surface area contributed by atoms with Crippen molar-refractivity contribution in [3.05, 3.63) is 100 Å². The van der Waals surface area contributed by atoms with Gasteiger partial charge in [0.25, 0.3) is 15.0 Å². The van der Waals surface area contributed by atoms with Gasteiger partial charge >= 0.3 is 0 Å². The summed E-state index contributed by atoms with van der Waals surface area (Å²) in [5, 5.41) is 9.94. The molecule has 3 aromatic carbocycles. The van der Waals surface area contributed by atoms with Crippen molar-refractivity contribution in [3.63, 3.8) is 0 Å². The zero-order valence-corrected chi connectivity index (χ0v) is 23.8. The molecule has 40 heavy (non-hydrogen) atoms. The molecule has 9 rings (SSSR count). The molecule has 0 spiro atoms. The lowest BCUT2D eigenvalue weighted by Crippen LogP contribution is -2.54. The number of thioether (sulfide) groups is 1. The smallest absolute Gasteiger partial charge is 0.268 e. The van der Waals surface area contributed by atoms with Gasteiger partial charge in [-0.25, -0.2) is 8.42 Å². The number of aromatic nitrogens is 1. The van der Waals surface area contributed by atoms with Crippen LogP contribution in [0.5, 0.6) is 0 Å². The molecule has 0 amide bonds. The molecular formula is C30H24N5O2S3+. The molecule has 6 heterocycles. The van der Waals surface area contributed by atoms with E-state index in [-0.39, 0.29) is 12.1 Å². The van der Waals surface area contributed by atoms with Gasteiger partial charge in [-0.15, -0.1) is 0 Å². The fourth-order valence-electron chi connectivity index (χ4n) is 6.76. The van der Waals surface area contributed by atoms with E-state index in [0.29, 0.717) is 16.3 Å². The Morgan fingerprint density at radius 3 is 2.73 bits per heavy atom. The van der Waals surface area contributed by atoms with Crippen LogP contribution >= 0.6 is 23.1 Å². The van der Waals surface area contributed by atoms with Crippen LogP contribution in [0.2, 0.25) is 0 Å². The summed E-state index contributed by atoms with van der Waals surface area (Å²) in [6.45, 7) is 1.80. The number of sulfonamides is 1. The fraction of sp³-hybridized carbons (Fsp3) is 0.200. The van der Waals surface area contributed by atoms with E-state index in [0.717, 1.165) is 25.9 Å². The molecule has 0 aliphatic carbocycles. The topological polar surface area (TPSA) is 68.9 Å². The van der Waals surface area contributed by atoms with Crippen LogP contribution < -0.4 is 14.2 Å². The van der Waals surface area contributed by atoms with Gasteiger partial charge < -0.3 is 4.90 Å². The first-order valence-corrected chi connectivity index (χ1v) is 16.6. The highest BCUT2D eigenvalue weighted by atomic mass is 32.2. The first-order chi connectivity index (χ1) is 19.6. The summed E-state index contributed by atoms with van der Waals surface area (Å²) in [5.41, 5.74) is 5.71. The molecule has 198 valence electrons. The van der Waals surface area contributed by atoms with Gasteiger partial charge in [0, 0.05) is 35.1 Å². The number of nitrogens with one attached hydrogen (secondary N) is 1. The van der Waals surface area contributed by atoms with Crippen molar-refractivity contribution in [2.45, 2.75) is 41.3 Å². The third-order valence-electron chi connectivity index (χ3n) is 8.51. The van der Waals surface area contributed by atoms with E-state index >= 15 is 0 Å². The monoisotopic (exact) mass is 582 g/mol. The van der Waals surface area contributed by atoms with Crippen molar-refractivity contribution in [3.8, 4) is 0 Å². The molecule has 1 aromatic heterocycles. The minimum absolute atomic E-state index is 0.0625. The lowest BCUT2D eigenvalue weighted by Gasteiger charge is -2.45. The number of aryl methyl sites for hydroxylation is 1. The van der Waals surface area contributed by atoms with Crippen LogP contribution in [0.1, 0.15) is 23.4 Å². The number of anilines is 1. The van der Waals surface area contributed by atoms with Gasteiger partial charge in [-0.05, 0) is 42.8 Å². The lowest BCUT2D eigenvalue weighted by molar-refractivity contribution is -0.673. The van der Waals surface area contributed by atoms with Crippen LogP contribution in [0.4, 0.5) is 5.69 Å². The van der Waals surface area contributed by atoms with Crippen molar-refractivity contribution in [2.24, 2.45) is 5.10 Å². The Labute approximate surface area is 240 Å². The lowest BCUT2D eigenvalue weighted by atomic mass is 9.86. The maximum absolute atomic E-state index is 13.0. The van der Waals surface area contributed by atoms with Crippen LogP contribution in [0.15, 0.2) is 104 Å². The number of para-hydroxylation sites is 2. The number of hydrazone groups is 1. The van der Waals surface area contributed by atoms with Crippen LogP contribution in [0, 0.1) is 0 Å². The molecule has 0 bridgehead atoms. The molecule has 0 fully saturated rings. The summed E-state index contributed by atoms with van der Waals surface area (Å²) in [6, 6.07) is 24.5. The molecule has 7 nitrogen and oxygen atoms in total. The second-order valence-corrected chi connectivity index (χ2v) is 14.4. The van der Waals surface area contributed by atoms with Gasteiger partial charge in [-0.1, -0.05) is 59.5 Å². The number of nitrogens with zero attached hydrogens (tertiary/aromatic N) is 4. The number of fused-ring (bicyclic) bond motifs is 10. The Bertz CT molecular complexity index is 1980. The number of benzene rings is 3. The number of amidine groups is 1. The van der Waals surface area contributed by atoms with Crippen LogP contribution in [0.25, 0.3) is 15.8 Å². The molecule has 5 aliphatic rings. The zero-order chi connectivity index (χ0) is 26.6. The van der Waals surface area contributed by atoms with Gasteiger partial charge in [0.05, 0.1) is 33.3 Å². The van der Waals surface area contributed by atoms with Crippen molar-refractivity contribution >= 4 is 60.4 Å². The van der Waals surface area contributed by atoms with Crippen molar-refractivity contribution < 1.29 is 13.0 Å². The highest BCUT2D eigenvalue weighted by Crippen LogP contribution is 2.53. The van der Waals surface area contributed by atoms with Gasteiger partial charge in [0.1, 0.15) is 4.70 Å². The normalized spacial score (nSPS) is 24.6. The third kappa shape index (κ3) is 3.15. The molecule has 0 radical (unpaired) electrons. The van der Waals surface area contributed by atoms with Gasteiger partial charge in [0.15, 0.2) is 12.4 Å². The maximum Gasteiger partial charge on any atom is 0.268 e. The van der Waals surface area contributed by atoms with Crippen molar-refractivity contribution in [2.75, 3.05) is 11.4 Å². The van der Waals surface area contributed by atoms with Crippen molar-refractivity contribution in [1.29, 1.82) is 0 Å². The zero-order valence-electron chi connectivity index (χ0n) is 21.3. The molecule has 2 atom stereocenters. The molecule has 10 heteroatoms. The maximum atomic E-state index is 13.0. The average Bonchev–Trinajstić information content (AvgIpc) is 3.63. The Balaban J connectivity index is 1.26. The van der Waals surface area contributed by atoms with Crippen molar-refractivity contribution in [1.82, 2.24) is 9.73 Å². The highest BCUT2D eigenvalue weighted by molar-refractivity contribution is 8.03. The molecule has 1 N–H and O–H groups in total. The largest absolute Gasteiger partial charge is 0.335 e. The number of hydrogen-bond acceptors (Lipinski definition) is 7.